The molecule has 0 radical (unpaired) electrons. The minimum Gasteiger partial charge on any atom is -0.497 e. The summed E-state index contributed by atoms with van der Waals surface area (Å²) in [4.78, 5) is 29.1. The summed E-state index contributed by atoms with van der Waals surface area (Å²) in [6.45, 7) is 8.90. The maximum atomic E-state index is 12.5. The first-order valence-electron chi connectivity index (χ1n) is 8.79. The molecule has 1 N–H and O–H groups in total. The van der Waals surface area contributed by atoms with Crippen molar-refractivity contribution in [3.63, 3.8) is 0 Å². The largest absolute Gasteiger partial charge is 0.497 e. The van der Waals surface area contributed by atoms with Crippen molar-refractivity contribution in [1.29, 1.82) is 0 Å². The van der Waals surface area contributed by atoms with Crippen LogP contribution in [0.15, 0.2) is 36.5 Å². The van der Waals surface area contributed by atoms with Gasteiger partial charge in [-0.15, -0.1) is 0 Å². The third-order valence-corrected chi connectivity index (χ3v) is 3.68. The molecule has 0 aliphatic carbocycles. The van der Waals surface area contributed by atoms with Crippen molar-refractivity contribution in [3.8, 4) is 16.9 Å². The van der Waals surface area contributed by atoms with Gasteiger partial charge in [-0.3, -0.25) is 15.1 Å². The standard InChI is InChI=1S/C21H26N2O4.H2/c1-13(2)19(24)18-17(23-20(25)27-21(3,4)5)11-15(12-22-18)14-8-7-9-16(10-14)26-6;/h7-13H,1-6H3,(H,23,25);1H. The average molecular weight is 372 g/mol. The first kappa shape index (κ1) is 20.4. The summed E-state index contributed by atoms with van der Waals surface area (Å²) >= 11 is 0. The van der Waals surface area contributed by atoms with Crippen LogP contribution in [0.25, 0.3) is 11.1 Å². The van der Waals surface area contributed by atoms with Crippen molar-refractivity contribution < 1.29 is 20.5 Å². The molecular weight excluding hydrogens is 344 g/mol. The number of rotatable bonds is 5. The van der Waals surface area contributed by atoms with Gasteiger partial charge in [-0.2, -0.15) is 0 Å². The number of nitrogens with one attached hydrogen (secondary N) is 1. The number of methoxy groups -OCH3 is 1. The Kier molecular flexibility index (Phi) is 6.20. The first-order chi connectivity index (χ1) is 12.6. The highest BCUT2D eigenvalue weighted by molar-refractivity contribution is 6.03. The van der Waals surface area contributed by atoms with Crippen molar-refractivity contribution >= 4 is 17.6 Å². The summed E-state index contributed by atoms with van der Waals surface area (Å²) in [6, 6.07) is 9.19. The molecular formula is C21H28N2O4. The molecule has 2 rings (SSSR count). The van der Waals surface area contributed by atoms with Crippen LogP contribution in [-0.4, -0.2) is 29.6 Å². The molecule has 2 aromatic rings. The highest BCUT2D eigenvalue weighted by Gasteiger charge is 2.22. The molecule has 6 nitrogen and oxygen atoms in total. The molecule has 0 saturated carbocycles. The summed E-state index contributed by atoms with van der Waals surface area (Å²) < 4.78 is 10.6. The second-order valence-corrected chi connectivity index (χ2v) is 7.50. The van der Waals surface area contributed by atoms with Crippen molar-refractivity contribution in [2.24, 2.45) is 5.92 Å². The zero-order chi connectivity index (χ0) is 20.2. The quantitative estimate of drug-likeness (QED) is 0.731. The molecule has 0 aliphatic rings. The molecule has 1 aromatic heterocycles. The Bertz CT molecular complexity index is 845. The maximum Gasteiger partial charge on any atom is 0.412 e. The molecule has 6 heteroatoms. The number of pyridine rings is 1. The Morgan fingerprint density at radius 1 is 1.15 bits per heavy atom. The van der Waals surface area contributed by atoms with E-state index < -0.39 is 11.7 Å². The summed E-state index contributed by atoms with van der Waals surface area (Å²) in [6.07, 6.45) is 0.981. The van der Waals surface area contributed by atoms with Gasteiger partial charge in [0.05, 0.1) is 12.8 Å². The summed E-state index contributed by atoms with van der Waals surface area (Å²) in [7, 11) is 1.59. The van der Waals surface area contributed by atoms with E-state index in [9.17, 15) is 9.59 Å². The predicted octanol–water partition coefficient (Wildman–Crippen LogP) is 5.19. The Morgan fingerprint density at radius 2 is 1.85 bits per heavy atom. The molecule has 1 amide bonds. The third-order valence-electron chi connectivity index (χ3n) is 3.68. The fraction of sp³-hybridized carbons (Fsp3) is 0.381. The molecule has 0 saturated heterocycles. The van der Waals surface area contributed by atoms with Gasteiger partial charge in [0.2, 0.25) is 0 Å². The number of carbonyl (C=O) groups is 2. The number of benzene rings is 1. The highest BCUT2D eigenvalue weighted by atomic mass is 16.6. The van der Waals surface area contributed by atoms with Crippen LogP contribution in [0.5, 0.6) is 5.75 Å². The van der Waals surface area contributed by atoms with E-state index in [1.807, 2.05) is 24.3 Å². The number of nitrogens with zero attached hydrogens (tertiary/aromatic N) is 1. The van der Waals surface area contributed by atoms with E-state index in [1.54, 1.807) is 54.0 Å². The minimum absolute atomic E-state index is 0. The minimum atomic E-state index is -0.649. The van der Waals surface area contributed by atoms with Gasteiger partial charge < -0.3 is 9.47 Å². The average Bonchev–Trinajstić information content (AvgIpc) is 2.59. The molecule has 0 unspecified atom stereocenters. The fourth-order valence-electron chi connectivity index (χ4n) is 2.40. The number of hydrogen-bond donors (Lipinski definition) is 1. The van der Waals surface area contributed by atoms with Gasteiger partial charge >= 0.3 is 6.09 Å². The fourth-order valence-corrected chi connectivity index (χ4v) is 2.40. The van der Waals surface area contributed by atoms with Gasteiger partial charge in [-0.05, 0) is 44.5 Å². The van der Waals surface area contributed by atoms with Gasteiger partial charge in [0.15, 0.2) is 5.78 Å². The van der Waals surface area contributed by atoms with Crippen molar-refractivity contribution in [1.82, 2.24) is 4.98 Å². The van der Waals surface area contributed by atoms with Crippen LogP contribution < -0.4 is 10.1 Å². The number of ketones is 1. The van der Waals surface area contributed by atoms with E-state index >= 15 is 0 Å². The van der Waals surface area contributed by atoms with Crippen LogP contribution in [-0.2, 0) is 4.74 Å². The molecule has 1 aromatic carbocycles. The number of anilines is 1. The second kappa shape index (κ2) is 8.20. The van der Waals surface area contributed by atoms with E-state index in [4.69, 9.17) is 9.47 Å². The molecule has 27 heavy (non-hydrogen) atoms. The zero-order valence-corrected chi connectivity index (χ0v) is 16.6. The van der Waals surface area contributed by atoms with E-state index in [0.717, 1.165) is 11.1 Å². The van der Waals surface area contributed by atoms with E-state index in [2.05, 4.69) is 10.3 Å². The van der Waals surface area contributed by atoms with Crippen LogP contribution in [0.3, 0.4) is 0 Å². The molecule has 1 heterocycles. The number of carbonyl (C=O) groups excluding carboxylic acids is 2. The van der Waals surface area contributed by atoms with Gasteiger partial charge in [0.25, 0.3) is 0 Å². The smallest absolute Gasteiger partial charge is 0.412 e. The topological polar surface area (TPSA) is 77.5 Å². The molecule has 0 aliphatic heterocycles. The van der Waals surface area contributed by atoms with Gasteiger partial charge in [-0.25, -0.2) is 4.79 Å². The van der Waals surface area contributed by atoms with E-state index in [1.165, 1.54) is 0 Å². The second-order valence-electron chi connectivity index (χ2n) is 7.50. The molecule has 146 valence electrons. The van der Waals surface area contributed by atoms with Crippen LogP contribution in [0.2, 0.25) is 0 Å². The van der Waals surface area contributed by atoms with Crippen molar-refractivity contribution in [3.05, 3.63) is 42.2 Å². The lowest BCUT2D eigenvalue weighted by atomic mass is 10.0. The maximum absolute atomic E-state index is 12.5. The Hall–Kier alpha value is -2.89. The Balaban J connectivity index is 0.00000392. The zero-order valence-electron chi connectivity index (χ0n) is 16.6. The van der Waals surface area contributed by atoms with Crippen LogP contribution in [0.4, 0.5) is 10.5 Å². The van der Waals surface area contributed by atoms with Crippen LogP contribution in [0.1, 0.15) is 46.5 Å². The number of aromatic nitrogens is 1. The summed E-state index contributed by atoms with van der Waals surface area (Å²) in [5, 5.41) is 2.67. The number of Topliss-reactive ketones (excluding diaryl/α,β-unsaturated/α-hetero) is 1. The molecule has 0 bridgehead atoms. The molecule has 0 spiro atoms. The van der Waals surface area contributed by atoms with E-state index in [-0.39, 0.29) is 18.8 Å². The number of amides is 1. The SMILES string of the molecule is COc1cccc(-c2cnc(C(=O)C(C)C)c(NC(=O)OC(C)(C)C)c2)c1.[HH]. The van der Waals surface area contributed by atoms with E-state index in [0.29, 0.717) is 11.4 Å². The lowest BCUT2D eigenvalue weighted by Gasteiger charge is -2.20. The summed E-state index contributed by atoms with van der Waals surface area (Å²) in [5.41, 5.74) is 1.49. The van der Waals surface area contributed by atoms with Crippen LogP contribution >= 0.6 is 0 Å². The third kappa shape index (κ3) is 5.54. The van der Waals surface area contributed by atoms with Crippen LogP contribution in [0, 0.1) is 5.92 Å². The monoisotopic (exact) mass is 372 g/mol. The van der Waals surface area contributed by atoms with Crippen molar-refractivity contribution in [2.75, 3.05) is 12.4 Å². The molecule has 0 atom stereocenters. The highest BCUT2D eigenvalue weighted by Crippen LogP contribution is 2.28. The van der Waals surface area contributed by atoms with Crippen molar-refractivity contribution in [2.45, 2.75) is 40.2 Å². The Labute approximate surface area is 161 Å². The first-order valence-corrected chi connectivity index (χ1v) is 8.79. The number of hydrogen-bond acceptors (Lipinski definition) is 5. The van der Waals surface area contributed by atoms with Gasteiger partial charge in [-0.1, -0.05) is 26.0 Å². The summed E-state index contributed by atoms with van der Waals surface area (Å²) in [5.74, 6) is 0.300. The number of ether oxygens (including phenoxy) is 2. The molecule has 0 fully saturated rings. The van der Waals surface area contributed by atoms with Gasteiger partial charge in [0, 0.05) is 19.1 Å². The van der Waals surface area contributed by atoms with Gasteiger partial charge in [0.1, 0.15) is 17.0 Å². The normalized spacial score (nSPS) is 11.2. The Morgan fingerprint density at radius 3 is 2.44 bits per heavy atom. The lowest BCUT2D eigenvalue weighted by Crippen LogP contribution is -2.28. The predicted molar refractivity (Wildman–Crippen MR) is 107 cm³/mol. The lowest BCUT2D eigenvalue weighted by molar-refractivity contribution is 0.0636.